The maximum absolute atomic E-state index is 13.4. The highest BCUT2D eigenvalue weighted by Gasteiger charge is 2.43. The van der Waals surface area contributed by atoms with Gasteiger partial charge in [-0.3, -0.25) is 9.78 Å². The zero-order valence-electron chi connectivity index (χ0n) is 16.9. The van der Waals surface area contributed by atoms with Gasteiger partial charge in [0.15, 0.2) is 0 Å². The molecule has 1 saturated carbocycles. The molecule has 1 heterocycles. The summed E-state index contributed by atoms with van der Waals surface area (Å²) >= 11 is 0. The minimum absolute atomic E-state index is 0.0916. The van der Waals surface area contributed by atoms with Crippen LogP contribution in [0.2, 0.25) is 0 Å². The van der Waals surface area contributed by atoms with Crippen LogP contribution < -0.4 is 10.0 Å². The average molecular weight is 424 g/mol. The largest absolute Gasteiger partial charge is 0.324 e. The zero-order chi connectivity index (χ0) is 21.2. The van der Waals surface area contributed by atoms with E-state index in [0.29, 0.717) is 24.0 Å². The normalized spacial score (nSPS) is 16.3. The van der Waals surface area contributed by atoms with Gasteiger partial charge < -0.3 is 5.32 Å². The molecule has 1 amide bonds. The number of benzene rings is 2. The SMILES string of the molecule is Cc1cccc(NC(=O)C2(NS(=O)(=O)c3cccc4cccnc34)CCCCC2)c1. The molecule has 0 atom stereocenters. The number of hydrogen-bond acceptors (Lipinski definition) is 4. The van der Waals surface area contributed by atoms with Crippen molar-refractivity contribution in [3.8, 4) is 0 Å². The number of carbonyl (C=O) groups excluding carboxylic acids is 1. The molecule has 6 nitrogen and oxygen atoms in total. The number of sulfonamides is 1. The predicted molar refractivity (Wildman–Crippen MR) is 118 cm³/mol. The molecule has 3 aromatic rings. The van der Waals surface area contributed by atoms with E-state index in [1.807, 2.05) is 43.3 Å². The number of nitrogens with one attached hydrogen (secondary N) is 2. The first-order valence-corrected chi connectivity index (χ1v) is 11.6. The Balaban J connectivity index is 1.69. The standard InChI is InChI=1S/C23H25N3O3S/c1-17-8-5-11-19(16-17)25-22(27)23(13-3-2-4-14-23)26-30(28,29)20-12-6-9-18-10-7-15-24-21(18)20/h5-12,15-16,26H,2-4,13-14H2,1H3,(H,25,27). The van der Waals surface area contributed by atoms with Crippen LogP contribution in [0.3, 0.4) is 0 Å². The van der Waals surface area contributed by atoms with Gasteiger partial charge in [-0.05, 0) is 49.6 Å². The number of pyridine rings is 1. The second-order valence-corrected chi connectivity index (χ2v) is 9.55. The Morgan fingerprint density at radius 3 is 2.50 bits per heavy atom. The molecular formula is C23H25N3O3S. The van der Waals surface area contributed by atoms with Crippen LogP contribution in [-0.4, -0.2) is 24.8 Å². The van der Waals surface area contributed by atoms with E-state index in [-0.39, 0.29) is 10.8 Å². The fraction of sp³-hybridized carbons (Fsp3) is 0.304. The lowest BCUT2D eigenvalue weighted by Crippen LogP contribution is -2.57. The number of aromatic nitrogens is 1. The molecule has 30 heavy (non-hydrogen) atoms. The first-order valence-electron chi connectivity index (χ1n) is 10.2. The first-order chi connectivity index (χ1) is 14.4. The van der Waals surface area contributed by atoms with Crippen molar-refractivity contribution in [3.63, 3.8) is 0 Å². The van der Waals surface area contributed by atoms with Crippen LogP contribution in [0, 0.1) is 6.92 Å². The zero-order valence-corrected chi connectivity index (χ0v) is 17.7. The second kappa shape index (κ2) is 8.16. The minimum Gasteiger partial charge on any atom is -0.324 e. The molecule has 1 aliphatic rings. The van der Waals surface area contributed by atoms with E-state index in [2.05, 4.69) is 15.0 Å². The fourth-order valence-electron chi connectivity index (χ4n) is 4.11. The molecule has 0 radical (unpaired) electrons. The summed E-state index contributed by atoms with van der Waals surface area (Å²) in [4.78, 5) is 17.7. The summed E-state index contributed by atoms with van der Waals surface area (Å²) in [6, 6.07) is 16.1. The van der Waals surface area contributed by atoms with Crippen molar-refractivity contribution in [2.75, 3.05) is 5.32 Å². The summed E-state index contributed by atoms with van der Waals surface area (Å²) in [5, 5.41) is 3.66. The van der Waals surface area contributed by atoms with Crippen LogP contribution in [0.15, 0.2) is 65.7 Å². The van der Waals surface area contributed by atoms with Crippen LogP contribution in [-0.2, 0) is 14.8 Å². The smallest absolute Gasteiger partial charge is 0.245 e. The monoisotopic (exact) mass is 423 g/mol. The summed E-state index contributed by atoms with van der Waals surface area (Å²) in [6.45, 7) is 1.95. The van der Waals surface area contributed by atoms with Gasteiger partial charge >= 0.3 is 0 Å². The number of fused-ring (bicyclic) bond motifs is 1. The molecule has 0 saturated heterocycles. The highest BCUT2D eigenvalue weighted by Crippen LogP contribution is 2.32. The summed E-state index contributed by atoms with van der Waals surface area (Å²) in [6.07, 6.45) is 5.05. The molecule has 1 fully saturated rings. The Morgan fingerprint density at radius 1 is 1.00 bits per heavy atom. The number of anilines is 1. The van der Waals surface area contributed by atoms with Gasteiger partial charge in [0.1, 0.15) is 10.4 Å². The number of aryl methyl sites for hydroxylation is 1. The third-order valence-corrected chi connectivity index (χ3v) is 7.20. The van der Waals surface area contributed by atoms with E-state index in [1.165, 1.54) is 6.07 Å². The van der Waals surface area contributed by atoms with Crippen molar-refractivity contribution in [2.45, 2.75) is 49.5 Å². The van der Waals surface area contributed by atoms with E-state index in [1.54, 1.807) is 18.3 Å². The fourth-order valence-corrected chi connectivity index (χ4v) is 5.71. The summed E-state index contributed by atoms with van der Waals surface area (Å²) in [5.74, 6) is -0.315. The third kappa shape index (κ3) is 4.08. The molecular weight excluding hydrogens is 398 g/mol. The lowest BCUT2D eigenvalue weighted by molar-refractivity contribution is -0.122. The van der Waals surface area contributed by atoms with Gasteiger partial charge in [-0.25, -0.2) is 8.42 Å². The summed E-state index contributed by atoms with van der Waals surface area (Å²) < 4.78 is 29.6. The summed E-state index contributed by atoms with van der Waals surface area (Å²) in [5.41, 5.74) is 0.902. The highest BCUT2D eigenvalue weighted by molar-refractivity contribution is 7.89. The number of carbonyl (C=O) groups is 1. The van der Waals surface area contributed by atoms with Crippen molar-refractivity contribution in [1.82, 2.24) is 9.71 Å². The van der Waals surface area contributed by atoms with E-state index in [0.717, 1.165) is 30.2 Å². The van der Waals surface area contributed by atoms with Gasteiger partial charge in [0.25, 0.3) is 0 Å². The first kappa shape index (κ1) is 20.5. The van der Waals surface area contributed by atoms with Gasteiger partial charge in [-0.15, -0.1) is 0 Å². The van der Waals surface area contributed by atoms with Crippen molar-refractivity contribution in [2.24, 2.45) is 0 Å². The average Bonchev–Trinajstić information content (AvgIpc) is 2.73. The van der Waals surface area contributed by atoms with Crippen LogP contribution in [0.5, 0.6) is 0 Å². The quantitative estimate of drug-likeness (QED) is 0.645. The van der Waals surface area contributed by atoms with Crippen molar-refractivity contribution < 1.29 is 13.2 Å². The molecule has 2 N–H and O–H groups in total. The van der Waals surface area contributed by atoms with Crippen molar-refractivity contribution in [1.29, 1.82) is 0 Å². The van der Waals surface area contributed by atoms with Gasteiger partial charge in [-0.1, -0.05) is 49.6 Å². The molecule has 1 aromatic heterocycles. The molecule has 2 aromatic carbocycles. The molecule has 7 heteroatoms. The van der Waals surface area contributed by atoms with Crippen LogP contribution >= 0.6 is 0 Å². The number of hydrogen-bond donors (Lipinski definition) is 2. The minimum atomic E-state index is -3.96. The van der Waals surface area contributed by atoms with E-state index >= 15 is 0 Å². The van der Waals surface area contributed by atoms with E-state index < -0.39 is 15.6 Å². The van der Waals surface area contributed by atoms with Crippen molar-refractivity contribution in [3.05, 3.63) is 66.4 Å². The Bertz CT molecular complexity index is 1180. The Kier molecular flexibility index (Phi) is 5.58. The van der Waals surface area contributed by atoms with Crippen molar-refractivity contribution >= 4 is 32.5 Å². The van der Waals surface area contributed by atoms with E-state index in [4.69, 9.17) is 0 Å². The number of nitrogens with zero attached hydrogens (tertiary/aromatic N) is 1. The molecule has 4 rings (SSSR count). The lowest BCUT2D eigenvalue weighted by atomic mass is 9.82. The molecule has 0 spiro atoms. The number of rotatable bonds is 5. The number of amides is 1. The molecule has 1 aliphatic carbocycles. The Labute approximate surface area is 176 Å². The summed E-state index contributed by atoms with van der Waals surface area (Å²) in [7, 11) is -3.96. The van der Waals surface area contributed by atoms with Gasteiger partial charge in [0, 0.05) is 17.3 Å². The van der Waals surface area contributed by atoms with Gasteiger partial charge in [-0.2, -0.15) is 4.72 Å². The molecule has 0 aliphatic heterocycles. The Morgan fingerprint density at radius 2 is 1.73 bits per heavy atom. The molecule has 0 bridgehead atoms. The maximum Gasteiger partial charge on any atom is 0.245 e. The van der Waals surface area contributed by atoms with E-state index in [9.17, 15) is 13.2 Å². The van der Waals surface area contributed by atoms with Crippen LogP contribution in [0.1, 0.15) is 37.7 Å². The maximum atomic E-state index is 13.4. The topological polar surface area (TPSA) is 88.2 Å². The second-order valence-electron chi connectivity index (χ2n) is 7.90. The van der Waals surface area contributed by atoms with Gasteiger partial charge in [0.05, 0.1) is 5.52 Å². The predicted octanol–water partition coefficient (Wildman–Crippen LogP) is 4.16. The molecule has 156 valence electrons. The Hall–Kier alpha value is -2.77. The molecule has 0 unspecified atom stereocenters. The van der Waals surface area contributed by atoms with Crippen LogP contribution in [0.4, 0.5) is 5.69 Å². The number of para-hydroxylation sites is 1. The third-order valence-electron chi connectivity index (χ3n) is 5.63. The highest BCUT2D eigenvalue weighted by atomic mass is 32.2. The lowest BCUT2D eigenvalue weighted by Gasteiger charge is -2.36. The van der Waals surface area contributed by atoms with Gasteiger partial charge in [0.2, 0.25) is 15.9 Å². The van der Waals surface area contributed by atoms with Crippen LogP contribution in [0.25, 0.3) is 10.9 Å².